The summed E-state index contributed by atoms with van der Waals surface area (Å²) in [5, 5.41) is 12.5. The molecule has 4 N–H and O–H groups in total. The molecule has 2 heterocycles. The second kappa shape index (κ2) is 22.6. The highest BCUT2D eigenvalue weighted by Gasteiger charge is 2.21. The zero-order valence-electron chi connectivity index (χ0n) is 39.3. The van der Waals surface area contributed by atoms with Crippen LogP contribution in [0.1, 0.15) is 57.1 Å². The second-order valence-corrected chi connectivity index (χ2v) is 18.6. The number of hydrogen-bond acceptors (Lipinski definition) is 7. The fourth-order valence-electron chi connectivity index (χ4n) is 7.65. The van der Waals surface area contributed by atoms with E-state index < -0.39 is 35.2 Å². The SMILES string of the molecule is COC(=O)c1cc(N)cc(-n2c(C)ccc2-c2cc(Br)ccc2OCc2ccc(F)cc2F)c1.Cc1ccc(-c2cc(Br)ccc2OCc2ccc(F)cc2F)n1-c1cc(NC(=O)C(C)C)cc(C(=O)O)c1. The number of ether oxygens (including phenoxy) is 3. The van der Waals surface area contributed by atoms with Crippen LogP contribution in [0.15, 0.2) is 142 Å². The number of aromatic carboxylic acids is 1. The number of aryl methyl sites for hydroxylation is 2. The molecule has 2 aromatic heterocycles. The maximum absolute atomic E-state index is 14.2. The minimum atomic E-state index is -1.13. The summed E-state index contributed by atoms with van der Waals surface area (Å²) < 4.78 is 77.0. The number of nitrogens with one attached hydrogen (secondary N) is 1. The molecule has 0 saturated heterocycles. The van der Waals surface area contributed by atoms with Crippen LogP contribution in [0.4, 0.5) is 28.9 Å². The number of aromatic nitrogens is 2. The lowest BCUT2D eigenvalue weighted by Gasteiger charge is -2.18. The number of hydrogen-bond donors (Lipinski definition) is 3. The van der Waals surface area contributed by atoms with Gasteiger partial charge in [0, 0.05) is 83.4 Å². The van der Waals surface area contributed by atoms with Crippen LogP contribution in [0.25, 0.3) is 33.9 Å². The number of benzene rings is 6. The molecule has 370 valence electrons. The highest BCUT2D eigenvalue weighted by Crippen LogP contribution is 2.39. The molecular weight excluding hydrogens is 1060 g/mol. The predicted molar refractivity (Wildman–Crippen MR) is 275 cm³/mol. The Balaban J connectivity index is 0.000000213. The molecule has 8 rings (SSSR count). The van der Waals surface area contributed by atoms with E-state index in [0.717, 1.165) is 43.7 Å². The van der Waals surface area contributed by atoms with E-state index in [-0.39, 0.29) is 41.7 Å². The Morgan fingerprint density at radius 1 is 0.625 bits per heavy atom. The molecule has 0 fully saturated rings. The minimum absolute atomic E-state index is 0.0121. The first-order valence-electron chi connectivity index (χ1n) is 22.1. The van der Waals surface area contributed by atoms with Gasteiger partial charge < -0.3 is 39.5 Å². The number of nitrogens with two attached hydrogens (primary N) is 1. The maximum atomic E-state index is 14.2. The van der Waals surface area contributed by atoms with Gasteiger partial charge in [-0.1, -0.05) is 45.7 Å². The molecule has 0 atom stereocenters. The molecule has 1 amide bonds. The summed E-state index contributed by atoms with van der Waals surface area (Å²) in [6, 6.07) is 34.8. The summed E-state index contributed by atoms with van der Waals surface area (Å²) in [4.78, 5) is 36.4. The Hall–Kier alpha value is -7.63. The first-order chi connectivity index (χ1) is 34.3. The quantitative estimate of drug-likeness (QED) is 0.0554. The number of carboxylic acids is 1. The first kappa shape index (κ1) is 52.2. The van der Waals surface area contributed by atoms with Crippen molar-refractivity contribution in [2.45, 2.75) is 40.9 Å². The molecule has 17 heteroatoms. The van der Waals surface area contributed by atoms with Gasteiger partial charge in [0.2, 0.25) is 5.91 Å². The summed E-state index contributed by atoms with van der Waals surface area (Å²) in [5.41, 5.74) is 13.4. The van der Waals surface area contributed by atoms with Crippen LogP contribution in [0.3, 0.4) is 0 Å². The normalized spacial score (nSPS) is 10.9. The molecule has 0 radical (unpaired) electrons. The van der Waals surface area contributed by atoms with E-state index in [1.165, 1.54) is 43.5 Å². The van der Waals surface area contributed by atoms with Gasteiger partial charge in [-0.05, 0) is 135 Å². The second-order valence-electron chi connectivity index (χ2n) is 16.7. The minimum Gasteiger partial charge on any atom is -0.488 e. The Labute approximate surface area is 429 Å². The Morgan fingerprint density at radius 3 is 1.57 bits per heavy atom. The molecule has 6 aromatic carbocycles. The topological polar surface area (TPSA) is 147 Å². The van der Waals surface area contributed by atoms with Crippen molar-refractivity contribution in [2.24, 2.45) is 5.92 Å². The van der Waals surface area contributed by atoms with Gasteiger partial charge in [-0.2, -0.15) is 0 Å². The van der Waals surface area contributed by atoms with E-state index in [1.807, 2.05) is 65.4 Å². The molecule has 0 aliphatic carbocycles. The number of rotatable bonds is 14. The van der Waals surface area contributed by atoms with E-state index in [9.17, 15) is 37.1 Å². The lowest BCUT2D eigenvalue weighted by atomic mass is 10.1. The van der Waals surface area contributed by atoms with E-state index >= 15 is 0 Å². The third-order valence-corrected chi connectivity index (χ3v) is 12.2. The van der Waals surface area contributed by atoms with Gasteiger partial charge in [0.1, 0.15) is 48.0 Å². The number of carbonyl (C=O) groups is 3. The summed E-state index contributed by atoms with van der Waals surface area (Å²) in [5.74, 6) is -3.90. The molecular formula is C55H46Br2F4N4O7. The number of carbonyl (C=O) groups excluding carboxylic acids is 2. The summed E-state index contributed by atoms with van der Waals surface area (Å²) in [7, 11) is 1.31. The smallest absolute Gasteiger partial charge is 0.337 e. The molecule has 0 aliphatic heterocycles. The van der Waals surface area contributed by atoms with E-state index in [1.54, 1.807) is 56.3 Å². The average molecular weight is 1110 g/mol. The van der Waals surface area contributed by atoms with Crippen molar-refractivity contribution in [3.8, 4) is 45.4 Å². The van der Waals surface area contributed by atoms with Crippen LogP contribution < -0.4 is 20.5 Å². The molecule has 0 unspecified atom stereocenters. The van der Waals surface area contributed by atoms with Crippen LogP contribution in [-0.2, 0) is 22.7 Å². The number of amides is 1. The molecule has 8 aromatic rings. The lowest BCUT2D eigenvalue weighted by molar-refractivity contribution is -0.118. The molecule has 72 heavy (non-hydrogen) atoms. The Bertz CT molecular complexity index is 3350. The summed E-state index contributed by atoms with van der Waals surface area (Å²) in [6.45, 7) is 7.09. The zero-order chi connectivity index (χ0) is 52.0. The highest BCUT2D eigenvalue weighted by atomic mass is 79.9. The van der Waals surface area contributed by atoms with Gasteiger partial charge in [-0.3, -0.25) is 4.79 Å². The fourth-order valence-corrected chi connectivity index (χ4v) is 8.37. The third-order valence-electron chi connectivity index (χ3n) is 11.2. The van der Waals surface area contributed by atoms with Crippen LogP contribution in [-0.4, -0.2) is 39.2 Å². The highest BCUT2D eigenvalue weighted by molar-refractivity contribution is 9.10. The number of methoxy groups -OCH3 is 1. The molecule has 0 spiro atoms. The van der Waals surface area contributed by atoms with Crippen LogP contribution in [0.5, 0.6) is 11.5 Å². The van der Waals surface area contributed by atoms with Crippen molar-refractivity contribution < 1.29 is 51.3 Å². The van der Waals surface area contributed by atoms with Gasteiger partial charge >= 0.3 is 11.9 Å². The van der Waals surface area contributed by atoms with Crippen molar-refractivity contribution >= 4 is 61.1 Å². The Kier molecular flexibility index (Phi) is 16.4. The molecule has 0 saturated carbocycles. The van der Waals surface area contributed by atoms with Gasteiger partial charge in [0.25, 0.3) is 0 Å². The number of nitrogen functional groups attached to an aromatic ring is 1. The monoisotopic (exact) mass is 1110 g/mol. The van der Waals surface area contributed by atoms with Gasteiger partial charge in [-0.25, -0.2) is 27.2 Å². The molecule has 0 bridgehead atoms. The predicted octanol–water partition coefficient (Wildman–Crippen LogP) is 13.8. The van der Waals surface area contributed by atoms with Crippen LogP contribution in [0.2, 0.25) is 0 Å². The first-order valence-corrected chi connectivity index (χ1v) is 23.7. The molecule has 11 nitrogen and oxygen atoms in total. The average Bonchev–Trinajstić information content (AvgIpc) is 3.92. The number of halogens is 6. The largest absolute Gasteiger partial charge is 0.488 e. The Morgan fingerprint density at radius 2 is 1.11 bits per heavy atom. The fraction of sp³-hybridized carbons (Fsp3) is 0.145. The lowest BCUT2D eigenvalue weighted by Crippen LogP contribution is -2.18. The maximum Gasteiger partial charge on any atom is 0.337 e. The summed E-state index contributed by atoms with van der Waals surface area (Å²) >= 11 is 6.99. The number of anilines is 2. The van der Waals surface area contributed by atoms with Crippen molar-refractivity contribution in [1.29, 1.82) is 0 Å². The van der Waals surface area contributed by atoms with Crippen molar-refractivity contribution in [1.82, 2.24) is 9.13 Å². The van der Waals surface area contributed by atoms with Gasteiger partial charge in [0.05, 0.1) is 29.6 Å². The van der Waals surface area contributed by atoms with Crippen molar-refractivity contribution in [3.63, 3.8) is 0 Å². The van der Waals surface area contributed by atoms with Crippen molar-refractivity contribution in [2.75, 3.05) is 18.2 Å². The van der Waals surface area contributed by atoms with Crippen LogP contribution in [0, 0.1) is 43.0 Å². The van der Waals surface area contributed by atoms with E-state index in [0.29, 0.717) is 51.1 Å². The summed E-state index contributed by atoms with van der Waals surface area (Å²) in [6.07, 6.45) is 0. The third kappa shape index (κ3) is 12.3. The number of nitrogens with zero attached hydrogens (tertiary/aromatic N) is 2. The van der Waals surface area contributed by atoms with Gasteiger partial charge in [-0.15, -0.1) is 0 Å². The van der Waals surface area contributed by atoms with Crippen LogP contribution >= 0.6 is 31.9 Å². The van der Waals surface area contributed by atoms with Crippen molar-refractivity contribution in [3.05, 3.63) is 199 Å². The van der Waals surface area contributed by atoms with E-state index in [2.05, 4.69) is 37.2 Å². The standard InChI is InChI=1S/C29H25BrF2N2O4.C26H21BrF2N2O3/c1-16(2)28(35)33-22-10-19(29(36)37)11-23(14-22)34-17(3)4-8-26(34)24-12-20(30)6-9-27(24)38-15-18-5-7-21(31)13-25(18)32;1-15-3-7-24(31(15)21-10-17(26(32)33-2)9-20(30)13-21)22-11-18(27)5-8-25(22)34-14-16-4-6-19(28)12-23(16)29/h4-14,16H,15H2,1-3H3,(H,33,35)(H,36,37);3-13H,14,30H2,1-2H3. The zero-order valence-corrected chi connectivity index (χ0v) is 42.5. The number of esters is 1. The number of carboxylic acid groups (broad SMARTS) is 1. The molecule has 0 aliphatic rings. The van der Waals surface area contributed by atoms with Gasteiger partial charge in [0.15, 0.2) is 0 Å². The van der Waals surface area contributed by atoms with E-state index in [4.69, 9.17) is 19.9 Å².